The van der Waals surface area contributed by atoms with Crippen molar-refractivity contribution in [3.8, 4) is 11.5 Å². The molecule has 0 fully saturated rings. The summed E-state index contributed by atoms with van der Waals surface area (Å²) < 4.78 is 10.00. The van der Waals surface area contributed by atoms with Crippen LogP contribution in [0.15, 0.2) is 48.5 Å². The number of hydrogen-bond acceptors (Lipinski definition) is 5. The van der Waals surface area contributed by atoms with Crippen molar-refractivity contribution >= 4 is 17.8 Å². The fraction of sp³-hybridized carbons (Fsp3) is 0.211. The highest BCUT2D eigenvalue weighted by Gasteiger charge is 2.21. The van der Waals surface area contributed by atoms with Gasteiger partial charge in [0.2, 0.25) is 0 Å². The van der Waals surface area contributed by atoms with Gasteiger partial charge in [-0.15, -0.1) is 0 Å². The zero-order valence-electron chi connectivity index (χ0n) is 15.1. The Hall–Kier alpha value is -3.35. The van der Waals surface area contributed by atoms with Gasteiger partial charge in [0, 0.05) is 32.1 Å². The Kier molecular flexibility index (Phi) is 5.95. The summed E-state index contributed by atoms with van der Waals surface area (Å²) in [6.07, 6.45) is 0. The van der Waals surface area contributed by atoms with Crippen LogP contribution in [0.1, 0.15) is 27.6 Å². The number of carbonyl (C=O) groups excluding carboxylic acids is 3. The van der Waals surface area contributed by atoms with E-state index in [0.29, 0.717) is 22.6 Å². The largest absolute Gasteiger partial charge is 0.497 e. The summed E-state index contributed by atoms with van der Waals surface area (Å²) in [5, 5.41) is 2.44. The molecule has 7 nitrogen and oxygen atoms in total. The van der Waals surface area contributed by atoms with Gasteiger partial charge in [0.1, 0.15) is 11.5 Å². The maximum absolute atomic E-state index is 12.6. The maximum Gasteiger partial charge on any atom is 0.308 e. The Morgan fingerprint density at radius 3 is 1.46 bits per heavy atom. The van der Waals surface area contributed by atoms with Crippen LogP contribution < -0.4 is 9.47 Å². The predicted molar refractivity (Wildman–Crippen MR) is 94.9 cm³/mol. The number of hydrogen-bond donors (Lipinski definition) is 0. The summed E-state index contributed by atoms with van der Waals surface area (Å²) >= 11 is 0. The SMILES string of the molecule is COc1ccc(C(=O)N(C)N(C)C(=O)c2ccc(OC(C)=O)cc2)cc1. The average Bonchev–Trinajstić information content (AvgIpc) is 2.66. The molecule has 0 spiro atoms. The van der Waals surface area contributed by atoms with Gasteiger partial charge in [0.05, 0.1) is 7.11 Å². The van der Waals surface area contributed by atoms with E-state index in [1.165, 1.54) is 55.3 Å². The quantitative estimate of drug-likeness (QED) is 0.478. The second kappa shape index (κ2) is 8.15. The molecule has 0 aliphatic heterocycles. The lowest BCUT2D eigenvalue weighted by molar-refractivity contribution is -0.131. The molecule has 2 rings (SSSR count). The van der Waals surface area contributed by atoms with Crippen molar-refractivity contribution in [3.05, 3.63) is 59.7 Å². The van der Waals surface area contributed by atoms with Crippen LogP contribution in [0.25, 0.3) is 0 Å². The molecule has 0 aliphatic rings. The molecule has 2 amide bonds. The Bertz CT molecular complexity index is 800. The van der Waals surface area contributed by atoms with Crippen molar-refractivity contribution in [2.75, 3.05) is 21.2 Å². The molecule has 7 heteroatoms. The minimum atomic E-state index is -0.439. The minimum absolute atomic E-state index is 0.333. The monoisotopic (exact) mass is 356 g/mol. The summed E-state index contributed by atoms with van der Waals surface area (Å²) in [5.74, 6) is -0.157. The van der Waals surface area contributed by atoms with Gasteiger partial charge >= 0.3 is 5.97 Å². The zero-order chi connectivity index (χ0) is 19.3. The van der Waals surface area contributed by atoms with Gasteiger partial charge in [-0.1, -0.05) is 0 Å². The number of nitrogens with zero attached hydrogens (tertiary/aromatic N) is 2. The predicted octanol–water partition coefficient (Wildman–Crippen LogP) is 2.38. The zero-order valence-corrected chi connectivity index (χ0v) is 15.1. The Balaban J connectivity index is 2.10. The molecule has 2 aromatic rings. The smallest absolute Gasteiger partial charge is 0.308 e. The number of rotatable bonds is 4. The first-order valence-electron chi connectivity index (χ1n) is 7.82. The Morgan fingerprint density at radius 1 is 0.731 bits per heavy atom. The lowest BCUT2D eigenvalue weighted by atomic mass is 10.2. The second-order valence-corrected chi connectivity index (χ2v) is 5.50. The van der Waals surface area contributed by atoms with Gasteiger partial charge in [0.15, 0.2) is 0 Å². The Labute approximate surface area is 151 Å². The number of ether oxygens (including phenoxy) is 2. The third-order valence-electron chi connectivity index (χ3n) is 3.74. The molecule has 0 bridgehead atoms. The molecule has 0 atom stereocenters. The lowest BCUT2D eigenvalue weighted by Gasteiger charge is -2.28. The van der Waals surface area contributed by atoms with E-state index in [1.807, 2.05) is 0 Å². The van der Waals surface area contributed by atoms with Gasteiger partial charge in [-0.3, -0.25) is 24.4 Å². The molecule has 0 aromatic heterocycles. The van der Waals surface area contributed by atoms with Crippen LogP contribution in [0.3, 0.4) is 0 Å². The third kappa shape index (κ3) is 4.38. The van der Waals surface area contributed by atoms with Gasteiger partial charge in [0.25, 0.3) is 11.8 Å². The van der Waals surface area contributed by atoms with E-state index in [4.69, 9.17) is 9.47 Å². The molecule has 0 aliphatic carbocycles. The highest BCUT2D eigenvalue weighted by molar-refractivity contribution is 5.99. The second-order valence-electron chi connectivity index (χ2n) is 5.50. The molecule has 0 heterocycles. The third-order valence-corrected chi connectivity index (χ3v) is 3.74. The lowest BCUT2D eigenvalue weighted by Crippen LogP contribution is -2.44. The van der Waals surface area contributed by atoms with E-state index >= 15 is 0 Å². The number of carbonyl (C=O) groups is 3. The van der Waals surface area contributed by atoms with Gasteiger partial charge < -0.3 is 9.47 Å². The normalized spacial score (nSPS) is 10.0. The van der Waals surface area contributed by atoms with Crippen molar-refractivity contribution in [1.29, 1.82) is 0 Å². The average molecular weight is 356 g/mol. The molecular weight excluding hydrogens is 336 g/mol. The number of esters is 1. The molecule has 0 saturated carbocycles. The number of amides is 2. The van der Waals surface area contributed by atoms with E-state index in [1.54, 1.807) is 31.4 Å². The van der Waals surface area contributed by atoms with Crippen LogP contribution in [0.2, 0.25) is 0 Å². The summed E-state index contributed by atoms with van der Waals surface area (Å²) in [7, 11) is 4.56. The van der Waals surface area contributed by atoms with Gasteiger partial charge in [-0.25, -0.2) is 0 Å². The van der Waals surface area contributed by atoms with E-state index in [2.05, 4.69) is 0 Å². The molecule has 2 aromatic carbocycles. The topological polar surface area (TPSA) is 76.2 Å². The summed E-state index contributed by atoms with van der Waals surface area (Å²) in [5.41, 5.74) is 0.788. The van der Waals surface area contributed by atoms with Crippen molar-refractivity contribution < 1.29 is 23.9 Å². The molecular formula is C19H20N2O5. The standard InChI is InChI=1S/C19H20N2O5/c1-13(22)26-17-11-7-15(8-12-17)19(24)21(3)20(2)18(23)14-5-9-16(25-4)10-6-14/h5-12H,1-4H3. The van der Waals surface area contributed by atoms with Crippen molar-refractivity contribution in [2.45, 2.75) is 6.92 Å². The summed E-state index contributed by atoms with van der Waals surface area (Å²) in [6.45, 7) is 1.30. The van der Waals surface area contributed by atoms with Crippen LogP contribution in [0.4, 0.5) is 0 Å². The Morgan fingerprint density at radius 2 is 1.12 bits per heavy atom. The van der Waals surface area contributed by atoms with Crippen LogP contribution in [-0.2, 0) is 4.79 Å². The first-order chi connectivity index (χ1) is 12.3. The van der Waals surface area contributed by atoms with Gasteiger partial charge in [-0.2, -0.15) is 0 Å². The van der Waals surface area contributed by atoms with Crippen LogP contribution in [0, 0.1) is 0 Å². The number of benzene rings is 2. The first kappa shape index (κ1) is 19.0. The highest BCUT2D eigenvalue weighted by Crippen LogP contribution is 2.16. The molecule has 26 heavy (non-hydrogen) atoms. The van der Waals surface area contributed by atoms with E-state index in [9.17, 15) is 14.4 Å². The van der Waals surface area contributed by atoms with Crippen molar-refractivity contribution in [3.63, 3.8) is 0 Å². The summed E-state index contributed by atoms with van der Waals surface area (Å²) in [4.78, 5) is 36.0. The van der Waals surface area contributed by atoms with Crippen molar-refractivity contribution in [2.24, 2.45) is 0 Å². The van der Waals surface area contributed by atoms with Crippen molar-refractivity contribution in [1.82, 2.24) is 10.0 Å². The van der Waals surface area contributed by atoms with Crippen LogP contribution in [-0.4, -0.2) is 49.0 Å². The van der Waals surface area contributed by atoms with E-state index in [-0.39, 0.29) is 11.8 Å². The highest BCUT2D eigenvalue weighted by atomic mass is 16.5. The molecule has 0 radical (unpaired) electrons. The molecule has 136 valence electrons. The van der Waals surface area contributed by atoms with Gasteiger partial charge in [-0.05, 0) is 48.5 Å². The van der Waals surface area contributed by atoms with E-state index < -0.39 is 5.97 Å². The molecule has 0 saturated heterocycles. The molecule has 0 unspecified atom stereocenters. The number of methoxy groups -OCH3 is 1. The molecule has 0 N–H and O–H groups in total. The van der Waals surface area contributed by atoms with E-state index in [0.717, 1.165) is 0 Å². The number of hydrazine groups is 1. The van der Waals surface area contributed by atoms with Crippen LogP contribution >= 0.6 is 0 Å². The first-order valence-corrected chi connectivity index (χ1v) is 7.82. The van der Waals surface area contributed by atoms with Crippen LogP contribution in [0.5, 0.6) is 11.5 Å². The fourth-order valence-electron chi connectivity index (χ4n) is 2.21. The summed E-state index contributed by atoms with van der Waals surface area (Å²) in [6, 6.07) is 12.7. The minimum Gasteiger partial charge on any atom is -0.497 e. The fourth-order valence-corrected chi connectivity index (χ4v) is 2.21. The maximum atomic E-state index is 12.6.